The molecule has 1 aliphatic rings. The van der Waals surface area contributed by atoms with E-state index in [1.807, 2.05) is 18.4 Å². The van der Waals surface area contributed by atoms with Gasteiger partial charge in [0.2, 0.25) is 17.7 Å². The van der Waals surface area contributed by atoms with Crippen LogP contribution >= 0.6 is 0 Å². The second kappa shape index (κ2) is 17.5. The lowest BCUT2D eigenvalue weighted by Crippen LogP contribution is -2.67. The first kappa shape index (κ1) is 41.0. The van der Waals surface area contributed by atoms with E-state index in [9.17, 15) is 36.7 Å². The quantitative estimate of drug-likeness (QED) is 0.0644. The number of amides is 3. The summed E-state index contributed by atoms with van der Waals surface area (Å²) < 4.78 is 64.0. The molecule has 4 aromatic rings. The summed E-state index contributed by atoms with van der Waals surface area (Å²) in [5.74, 6) is -4.08. The maximum absolute atomic E-state index is 14.7. The maximum atomic E-state index is 14.7. The van der Waals surface area contributed by atoms with Crippen LogP contribution < -0.4 is 16.0 Å². The fraction of sp³-hybridized carbons (Fsp3) is 0.475. The Hall–Kier alpha value is -5.21. The Balaban J connectivity index is 1.45. The van der Waals surface area contributed by atoms with Crippen LogP contribution in [0.1, 0.15) is 75.8 Å². The summed E-state index contributed by atoms with van der Waals surface area (Å²) in [6.45, 7) is 7.84. The first-order valence-electron chi connectivity index (χ1n) is 18.6. The Morgan fingerprint density at radius 1 is 1.00 bits per heavy atom. The minimum absolute atomic E-state index is 0.0324. The number of aryl methyl sites for hydroxylation is 2. The number of carbonyl (C=O) groups excluding carboxylic acids is 4. The van der Waals surface area contributed by atoms with E-state index in [4.69, 9.17) is 4.74 Å². The highest BCUT2D eigenvalue weighted by molar-refractivity contribution is 5.98. The lowest BCUT2D eigenvalue weighted by atomic mass is 9.78. The number of para-hydroxylation sites is 1. The zero-order valence-electron chi connectivity index (χ0n) is 31.4. The van der Waals surface area contributed by atoms with Gasteiger partial charge in [-0.2, -0.15) is 13.2 Å². The standard InChI is InChI=1S/C40H48F4N6O5/c1-5-24(3)33(47-32(51)21-26-11-7-8-14-30(26)41)36(52)49-39(16-15-31-28(22-39)27-12-9-13-29(35(27)46-31)40(42,43)44)38(54)48-34(25(4)6-2)37(53)55-20-10-18-50-19-17-45-23-50/h7-9,11-14,17,19,23-25,33-34,46H,5-6,10,15-16,18,20-22H2,1-4H3,(H,47,51)(H,48,54)(H,49,52). The van der Waals surface area contributed by atoms with E-state index in [0.717, 1.165) is 6.07 Å². The predicted molar refractivity (Wildman–Crippen MR) is 197 cm³/mol. The number of aromatic nitrogens is 3. The molecule has 296 valence electrons. The lowest BCUT2D eigenvalue weighted by Gasteiger charge is -2.39. The van der Waals surface area contributed by atoms with Gasteiger partial charge in [-0.15, -0.1) is 0 Å². The number of fused-ring (bicyclic) bond motifs is 3. The summed E-state index contributed by atoms with van der Waals surface area (Å²) in [6.07, 6.45) is 1.37. The van der Waals surface area contributed by atoms with Crippen molar-refractivity contribution in [3.05, 3.63) is 89.4 Å². The number of hydrogen-bond acceptors (Lipinski definition) is 6. The van der Waals surface area contributed by atoms with Gasteiger partial charge >= 0.3 is 12.1 Å². The number of ether oxygens (including phenoxy) is 1. The molecule has 2 aromatic carbocycles. The van der Waals surface area contributed by atoms with E-state index in [2.05, 4.69) is 25.9 Å². The van der Waals surface area contributed by atoms with Gasteiger partial charge in [-0.1, -0.05) is 70.9 Å². The molecular formula is C40H48F4N6O5. The third-order valence-corrected chi connectivity index (χ3v) is 10.7. The molecule has 5 atom stereocenters. The summed E-state index contributed by atoms with van der Waals surface area (Å²) in [5, 5.41) is 8.72. The molecule has 0 saturated carbocycles. The minimum Gasteiger partial charge on any atom is -0.464 e. The summed E-state index contributed by atoms with van der Waals surface area (Å²) in [7, 11) is 0. The molecule has 0 bridgehead atoms. The van der Waals surface area contributed by atoms with Crippen molar-refractivity contribution in [2.24, 2.45) is 11.8 Å². The average molecular weight is 769 g/mol. The number of nitrogens with one attached hydrogen (secondary N) is 4. The molecule has 0 aliphatic heterocycles. The van der Waals surface area contributed by atoms with Crippen molar-refractivity contribution in [2.45, 2.75) is 103 Å². The van der Waals surface area contributed by atoms with Crippen LogP contribution in [0, 0.1) is 17.7 Å². The molecule has 0 saturated heterocycles. The van der Waals surface area contributed by atoms with Crippen LogP contribution in [0.15, 0.2) is 61.2 Å². The Bertz CT molecular complexity index is 1980. The SMILES string of the molecule is CCC(C)C(NC(=O)Cc1ccccc1F)C(=O)NC1(C(=O)NC(C(=O)OCCCn2ccnc2)C(C)CC)CCc2[nH]c3c(C(F)(F)F)cccc3c2C1. The third-order valence-electron chi connectivity index (χ3n) is 10.7. The van der Waals surface area contributed by atoms with E-state index >= 15 is 0 Å². The molecule has 4 N–H and O–H groups in total. The highest BCUT2D eigenvalue weighted by Gasteiger charge is 2.47. The first-order chi connectivity index (χ1) is 26.2. The van der Waals surface area contributed by atoms with Gasteiger partial charge in [0.05, 0.1) is 30.4 Å². The number of hydrogen-bond donors (Lipinski definition) is 4. The molecule has 5 rings (SSSR count). The monoisotopic (exact) mass is 768 g/mol. The van der Waals surface area contributed by atoms with Gasteiger partial charge in [0.1, 0.15) is 23.4 Å². The second-order valence-electron chi connectivity index (χ2n) is 14.4. The maximum Gasteiger partial charge on any atom is 0.418 e. The number of benzene rings is 2. The van der Waals surface area contributed by atoms with E-state index in [0.29, 0.717) is 37.1 Å². The van der Waals surface area contributed by atoms with Crippen molar-refractivity contribution in [3.8, 4) is 0 Å². The number of imidazole rings is 1. The van der Waals surface area contributed by atoms with Crippen LogP contribution in [-0.2, 0) is 55.9 Å². The number of carbonyl (C=O) groups is 4. The number of H-pyrrole nitrogens is 1. The number of esters is 1. The lowest BCUT2D eigenvalue weighted by molar-refractivity contribution is -0.150. The molecule has 3 amide bonds. The van der Waals surface area contributed by atoms with E-state index < -0.39 is 64.8 Å². The van der Waals surface area contributed by atoms with Crippen molar-refractivity contribution >= 4 is 34.6 Å². The Labute approximate surface area is 317 Å². The predicted octanol–water partition coefficient (Wildman–Crippen LogP) is 5.80. The van der Waals surface area contributed by atoms with Crippen LogP contribution in [0.3, 0.4) is 0 Å². The van der Waals surface area contributed by atoms with Crippen LogP contribution in [-0.4, -0.2) is 62.5 Å². The normalized spacial score (nSPS) is 17.7. The molecule has 2 aromatic heterocycles. The van der Waals surface area contributed by atoms with Crippen molar-refractivity contribution in [3.63, 3.8) is 0 Å². The third kappa shape index (κ3) is 9.54. The van der Waals surface area contributed by atoms with Gasteiger partial charge in [0.15, 0.2) is 0 Å². The van der Waals surface area contributed by atoms with Crippen LogP contribution in [0.25, 0.3) is 10.9 Å². The first-order valence-corrected chi connectivity index (χ1v) is 18.6. The summed E-state index contributed by atoms with van der Waals surface area (Å²) >= 11 is 0. The minimum atomic E-state index is -4.65. The number of nitrogens with zero attached hydrogens (tertiary/aromatic N) is 2. The van der Waals surface area contributed by atoms with Crippen LogP contribution in [0.5, 0.6) is 0 Å². The number of halogens is 4. The van der Waals surface area contributed by atoms with Crippen LogP contribution in [0.2, 0.25) is 0 Å². The smallest absolute Gasteiger partial charge is 0.418 e. The molecule has 0 radical (unpaired) electrons. The Morgan fingerprint density at radius 2 is 1.73 bits per heavy atom. The van der Waals surface area contributed by atoms with Gasteiger partial charge in [-0.3, -0.25) is 14.4 Å². The van der Waals surface area contributed by atoms with Crippen molar-refractivity contribution < 1.29 is 41.5 Å². The fourth-order valence-electron chi connectivity index (χ4n) is 7.00. The number of alkyl halides is 3. The molecule has 2 heterocycles. The number of aromatic amines is 1. The van der Waals surface area contributed by atoms with Crippen molar-refractivity contribution in [2.75, 3.05) is 6.61 Å². The average Bonchev–Trinajstić information content (AvgIpc) is 3.82. The van der Waals surface area contributed by atoms with Crippen LogP contribution in [0.4, 0.5) is 17.6 Å². The Kier molecular flexibility index (Phi) is 13.0. The van der Waals surface area contributed by atoms with Gasteiger partial charge in [0.25, 0.3) is 0 Å². The largest absolute Gasteiger partial charge is 0.464 e. The Morgan fingerprint density at radius 3 is 2.40 bits per heavy atom. The molecule has 0 spiro atoms. The molecule has 15 heteroatoms. The molecule has 5 unspecified atom stereocenters. The van der Waals surface area contributed by atoms with Crippen molar-refractivity contribution in [1.29, 1.82) is 0 Å². The highest BCUT2D eigenvalue weighted by Crippen LogP contribution is 2.40. The highest BCUT2D eigenvalue weighted by atomic mass is 19.4. The van der Waals surface area contributed by atoms with Gasteiger partial charge in [0, 0.05) is 36.4 Å². The molecular weight excluding hydrogens is 720 g/mol. The fourth-order valence-corrected chi connectivity index (χ4v) is 7.00. The summed E-state index contributed by atoms with van der Waals surface area (Å²) in [5.41, 5.74) is -1.67. The molecule has 11 nitrogen and oxygen atoms in total. The van der Waals surface area contributed by atoms with E-state index in [-0.39, 0.29) is 54.7 Å². The molecule has 55 heavy (non-hydrogen) atoms. The van der Waals surface area contributed by atoms with Crippen molar-refractivity contribution in [1.82, 2.24) is 30.5 Å². The second-order valence-corrected chi connectivity index (χ2v) is 14.4. The van der Waals surface area contributed by atoms with E-state index in [1.165, 1.54) is 30.3 Å². The van der Waals surface area contributed by atoms with Gasteiger partial charge in [-0.25, -0.2) is 14.2 Å². The summed E-state index contributed by atoms with van der Waals surface area (Å²) in [4.78, 5) is 62.6. The molecule has 1 aliphatic carbocycles. The van der Waals surface area contributed by atoms with E-state index in [1.54, 1.807) is 38.6 Å². The number of rotatable bonds is 16. The zero-order valence-corrected chi connectivity index (χ0v) is 31.4. The zero-order chi connectivity index (χ0) is 39.9. The summed E-state index contributed by atoms with van der Waals surface area (Å²) in [6, 6.07) is 7.33. The van der Waals surface area contributed by atoms with Gasteiger partial charge in [-0.05, 0) is 54.4 Å². The molecule has 0 fully saturated rings. The topological polar surface area (TPSA) is 147 Å². The van der Waals surface area contributed by atoms with Gasteiger partial charge < -0.3 is 30.2 Å².